The van der Waals surface area contributed by atoms with E-state index in [4.69, 9.17) is 4.74 Å². The number of nitrogens with zero attached hydrogens (tertiary/aromatic N) is 2. The Bertz CT molecular complexity index is 1070. The highest BCUT2D eigenvalue weighted by molar-refractivity contribution is 7.89. The van der Waals surface area contributed by atoms with Crippen molar-refractivity contribution in [1.82, 2.24) is 9.21 Å². The number of amides is 1. The lowest BCUT2D eigenvalue weighted by molar-refractivity contribution is -0.125. The van der Waals surface area contributed by atoms with Crippen LogP contribution in [0.4, 0.5) is 8.78 Å². The maximum Gasteiger partial charge on any atom is 0.387 e. The molecule has 10 heteroatoms. The Morgan fingerprint density at radius 3 is 2.24 bits per heavy atom. The topological polar surface area (TPSA) is 76.2 Å². The molecular formula is C23H28F2N2O5S. The Labute approximate surface area is 193 Å². The fourth-order valence-corrected chi connectivity index (χ4v) is 4.57. The second-order valence-electron chi connectivity index (χ2n) is 7.05. The molecule has 0 saturated carbocycles. The largest absolute Gasteiger partial charge is 0.493 e. The van der Waals surface area contributed by atoms with Gasteiger partial charge in [0.05, 0.1) is 12.0 Å². The number of carbonyl (C=O) groups excluding carboxylic acids is 1. The van der Waals surface area contributed by atoms with E-state index in [9.17, 15) is 22.0 Å². The van der Waals surface area contributed by atoms with Crippen LogP contribution in [0.15, 0.2) is 53.4 Å². The van der Waals surface area contributed by atoms with E-state index in [1.165, 1.54) is 46.7 Å². The fraction of sp³-hybridized carbons (Fsp3) is 0.348. The van der Waals surface area contributed by atoms with Crippen molar-refractivity contribution in [3.63, 3.8) is 0 Å². The van der Waals surface area contributed by atoms with Crippen LogP contribution in [0.1, 0.15) is 25.0 Å². The van der Waals surface area contributed by atoms with Crippen molar-refractivity contribution in [2.45, 2.75) is 31.9 Å². The maximum absolute atomic E-state index is 12.5. The molecule has 180 valence electrons. The van der Waals surface area contributed by atoms with Gasteiger partial charge in [-0.1, -0.05) is 32.0 Å². The van der Waals surface area contributed by atoms with Crippen molar-refractivity contribution in [3.05, 3.63) is 59.7 Å². The van der Waals surface area contributed by atoms with Gasteiger partial charge < -0.3 is 14.4 Å². The molecule has 2 rings (SSSR count). The van der Waals surface area contributed by atoms with Gasteiger partial charge in [-0.3, -0.25) is 4.79 Å². The fourth-order valence-electron chi connectivity index (χ4n) is 3.11. The Kier molecular flexibility index (Phi) is 9.36. The van der Waals surface area contributed by atoms with E-state index in [1.54, 1.807) is 45.2 Å². The number of sulfonamides is 1. The molecule has 0 saturated heterocycles. The van der Waals surface area contributed by atoms with Crippen molar-refractivity contribution in [2.24, 2.45) is 0 Å². The lowest BCUT2D eigenvalue weighted by Crippen LogP contribution is -2.30. The molecule has 7 nitrogen and oxygen atoms in total. The summed E-state index contributed by atoms with van der Waals surface area (Å²) in [6.45, 7) is 1.58. The number of benzene rings is 2. The third kappa shape index (κ3) is 7.00. The van der Waals surface area contributed by atoms with Gasteiger partial charge in [-0.2, -0.15) is 13.1 Å². The van der Waals surface area contributed by atoms with Gasteiger partial charge in [-0.25, -0.2) is 8.42 Å². The van der Waals surface area contributed by atoms with Crippen molar-refractivity contribution >= 4 is 22.0 Å². The molecule has 33 heavy (non-hydrogen) atoms. The summed E-state index contributed by atoms with van der Waals surface area (Å²) in [5.74, 6) is -0.234. The molecule has 0 bridgehead atoms. The minimum atomic E-state index is -3.54. The number of rotatable bonds is 11. The van der Waals surface area contributed by atoms with Crippen LogP contribution in [0, 0.1) is 0 Å². The van der Waals surface area contributed by atoms with Crippen LogP contribution >= 0.6 is 0 Å². The zero-order valence-electron chi connectivity index (χ0n) is 19.0. The predicted molar refractivity (Wildman–Crippen MR) is 122 cm³/mol. The molecule has 0 unspecified atom stereocenters. The molecule has 0 N–H and O–H groups in total. The average Bonchev–Trinajstić information content (AvgIpc) is 2.78. The second-order valence-corrected chi connectivity index (χ2v) is 8.99. The molecule has 2 aromatic rings. The van der Waals surface area contributed by atoms with Crippen LogP contribution in [0.3, 0.4) is 0 Å². The van der Waals surface area contributed by atoms with Crippen molar-refractivity contribution in [1.29, 1.82) is 0 Å². The van der Waals surface area contributed by atoms with Gasteiger partial charge >= 0.3 is 6.61 Å². The van der Waals surface area contributed by atoms with Gasteiger partial charge in [0.1, 0.15) is 0 Å². The Balaban J connectivity index is 2.05. The van der Waals surface area contributed by atoms with E-state index in [0.717, 1.165) is 0 Å². The van der Waals surface area contributed by atoms with Gasteiger partial charge in [0.25, 0.3) is 0 Å². The van der Waals surface area contributed by atoms with Crippen molar-refractivity contribution in [3.8, 4) is 11.5 Å². The average molecular weight is 483 g/mol. The Morgan fingerprint density at radius 1 is 1.06 bits per heavy atom. The summed E-state index contributed by atoms with van der Waals surface area (Å²) in [5.41, 5.74) is 1.34. The summed E-state index contributed by atoms with van der Waals surface area (Å²) in [5, 5.41) is 0. The predicted octanol–water partition coefficient (Wildman–Crippen LogP) is 4.00. The molecule has 0 aliphatic heterocycles. The van der Waals surface area contributed by atoms with Gasteiger partial charge in [-0.15, -0.1) is 0 Å². The molecule has 0 radical (unpaired) electrons. The van der Waals surface area contributed by atoms with Crippen LogP contribution in [0.2, 0.25) is 0 Å². The first-order valence-corrected chi connectivity index (χ1v) is 11.7. The number of halogens is 2. The van der Waals surface area contributed by atoms with Crippen LogP contribution in [-0.2, 0) is 21.4 Å². The zero-order valence-corrected chi connectivity index (χ0v) is 19.8. The second kappa shape index (κ2) is 11.8. The molecule has 0 aliphatic carbocycles. The standard InChI is InChI=1S/C23H28F2N2O5S/c1-5-27(6-2)33(29,30)19-11-7-17(8-12-19)10-14-22(28)26(3)16-18-9-13-20(32-23(24)25)21(15-18)31-4/h7-15,23H,5-6,16H2,1-4H3/b14-10+. The van der Waals surface area contributed by atoms with Crippen molar-refractivity contribution in [2.75, 3.05) is 27.2 Å². The summed E-state index contributed by atoms with van der Waals surface area (Å²) in [6, 6.07) is 10.7. The van der Waals surface area contributed by atoms with E-state index < -0.39 is 16.6 Å². The smallest absolute Gasteiger partial charge is 0.387 e. The van der Waals surface area contributed by atoms with Crippen LogP contribution < -0.4 is 9.47 Å². The summed E-state index contributed by atoms with van der Waals surface area (Å²) < 4.78 is 60.9. The van der Waals surface area contributed by atoms with E-state index >= 15 is 0 Å². The molecule has 0 heterocycles. The molecule has 0 aliphatic rings. The Hall–Kier alpha value is -2.98. The minimum absolute atomic E-state index is 0.0865. The number of carbonyl (C=O) groups is 1. The summed E-state index contributed by atoms with van der Waals surface area (Å²) >= 11 is 0. The van der Waals surface area contributed by atoms with E-state index in [1.807, 2.05) is 0 Å². The molecule has 0 fully saturated rings. The van der Waals surface area contributed by atoms with E-state index in [2.05, 4.69) is 4.74 Å². The molecule has 2 aromatic carbocycles. The monoisotopic (exact) mass is 482 g/mol. The number of hydrogen-bond acceptors (Lipinski definition) is 5. The summed E-state index contributed by atoms with van der Waals surface area (Å²) in [6.07, 6.45) is 2.96. The lowest BCUT2D eigenvalue weighted by atomic mass is 10.2. The van der Waals surface area contributed by atoms with Gasteiger partial charge in [0, 0.05) is 32.8 Å². The number of likely N-dealkylation sites (N-methyl/N-ethyl adjacent to an activating group) is 1. The summed E-state index contributed by atoms with van der Waals surface area (Å²) in [4.78, 5) is 14.1. The van der Waals surface area contributed by atoms with E-state index in [0.29, 0.717) is 24.2 Å². The van der Waals surface area contributed by atoms with Gasteiger partial charge in [-0.05, 0) is 41.5 Å². The highest BCUT2D eigenvalue weighted by Crippen LogP contribution is 2.29. The Morgan fingerprint density at radius 2 is 1.70 bits per heavy atom. The first-order valence-electron chi connectivity index (χ1n) is 10.3. The highest BCUT2D eigenvalue weighted by Gasteiger charge is 2.21. The van der Waals surface area contributed by atoms with E-state index in [-0.39, 0.29) is 28.8 Å². The maximum atomic E-state index is 12.5. The molecular weight excluding hydrogens is 454 g/mol. The molecule has 1 amide bonds. The number of methoxy groups -OCH3 is 1. The van der Waals surface area contributed by atoms with Crippen LogP contribution in [0.5, 0.6) is 11.5 Å². The third-order valence-electron chi connectivity index (χ3n) is 4.88. The normalized spacial score (nSPS) is 11.9. The first kappa shape index (κ1) is 26.3. The lowest BCUT2D eigenvalue weighted by Gasteiger charge is -2.18. The zero-order chi connectivity index (χ0) is 24.6. The molecule has 0 aromatic heterocycles. The van der Waals surface area contributed by atoms with Gasteiger partial charge in [0.2, 0.25) is 15.9 Å². The SMILES string of the molecule is CCN(CC)S(=O)(=O)c1ccc(/C=C/C(=O)N(C)Cc2ccc(OC(F)F)c(OC)c2)cc1. The highest BCUT2D eigenvalue weighted by atomic mass is 32.2. The number of hydrogen-bond donors (Lipinski definition) is 0. The first-order chi connectivity index (χ1) is 15.6. The number of alkyl halides is 2. The third-order valence-corrected chi connectivity index (χ3v) is 6.95. The molecule has 0 spiro atoms. The van der Waals surface area contributed by atoms with Crippen LogP contribution in [-0.4, -0.2) is 57.4 Å². The quantitative estimate of drug-likeness (QED) is 0.453. The van der Waals surface area contributed by atoms with Crippen molar-refractivity contribution < 1.29 is 31.5 Å². The molecule has 0 atom stereocenters. The summed E-state index contributed by atoms with van der Waals surface area (Å²) in [7, 11) is -0.599. The van der Waals surface area contributed by atoms with Gasteiger partial charge in [0.15, 0.2) is 11.5 Å². The van der Waals surface area contributed by atoms with Crippen LogP contribution in [0.25, 0.3) is 6.08 Å². The number of ether oxygens (including phenoxy) is 2. The minimum Gasteiger partial charge on any atom is -0.493 e.